The molecule has 15 heavy (non-hydrogen) atoms. The van der Waals surface area contributed by atoms with Crippen molar-refractivity contribution in [1.29, 1.82) is 0 Å². The molecule has 1 heterocycles. The maximum atomic E-state index is 11.0. The summed E-state index contributed by atoms with van der Waals surface area (Å²) >= 11 is 0. The molecule has 0 aromatic carbocycles. The third-order valence-corrected chi connectivity index (χ3v) is 2.89. The zero-order valence-electron chi connectivity index (χ0n) is 8.60. The minimum atomic E-state index is -1.43. The van der Waals surface area contributed by atoms with Crippen LogP contribution >= 0.6 is 0 Å². The lowest BCUT2D eigenvalue weighted by Gasteiger charge is -2.26. The minimum Gasteiger partial charge on any atom is -0.481 e. The Balaban J connectivity index is 3.03. The molecule has 2 unspecified atom stereocenters. The largest absolute Gasteiger partial charge is 0.481 e. The Labute approximate surface area is 86.7 Å². The highest BCUT2D eigenvalue weighted by Gasteiger charge is 2.57. The summed E-state index contributed by atoms with van der Waals surface area (Å²) in [6.07, 6.45) is -0.642. The van der Waals surface area contributed by atoms with Gasteiger partial charge in [-0.2, -0.15) is 0 Å². The molecule has 0 spiro atoms. The molecular formula is C9H14O6. The lowest BCUT2D eigenvalue weighted by molar-refractivity contribution is -0.324. The van der Waals surface area contributed by atoms with Gasteiger partial charge in [-0.1, -0.05) is 13.8 Å². The Morgan fingerprint density at radius 2 is 1.73 bits per heavy atom. The van der Waals surface area contributed by atoms with E-state index in [-0.39, 0.29) is 0 Å². The first-order valence-corrected chi connectivity index (χ1v) is 4.78. The highest BCUT2D eigenvalue weighted by atomic mass is 17.2. The average Bonchev–Trinajstić information content (AvgIpc) is 2.57. The van der Waals surface area contributed by atoms with Gasteiger partial charge in [-0.15, -0.1) is 0 Å². The van der Waals surface area contributed by atoms with Crippen LogP contribution in [0.1, 0.15) is 26.7 Å². The Bertz CT molecular complexity index is 270. The fourth-order valence-corrected chi connectivity index (χ4v) is 1.88. The summed E-state index contributed by atoms with van der Waals surface area (Å²) in [5.41, 5.74) is -1.03. The van der Waals surface area contributed by atoms with E-state index < -0.39 is 29.6 Å². The van der Waals surface area contributed by atoms with Gasteiger partial charge in [-0.05, 0) is 12.8 Å². The van der Waals surface area contributed by atoms with Gasteiger partial charge < -0.3 is 10.2 Å². The van der Waals surface area contributed by atoms with Crippen LogP contribution in [-0.4, -0.2) is 33.9 Å². The second-order valence-electron chi connectivity index (χ2n) is 3.53. The number of carboxylic acid groups (broad SMARTS) is 2. The van der Waals surface area contributed by atoms with Crippen LogP contribution < -0.4 is 0 Å². The van der Waals surface area contributed by atoms with E-state index in [4.69, 9.17) is 15.1 Å². The van der Waals surface area contributed by atoms with Crippen LogP contribution in [0.15, 0.2) is 0 Å². The number of aliphatic carboxylic acids is 2. The molecule has 0 bridgehead atoms. The van der Waals surface area contributed by atoms with E-state index in [0.29, 0.717) is 12.8 Å². The second kappa shape index (κ2) is 4.16. The molecule has 1 saturated heterocycles. The number of hydrogen-bond acceptors (Lipinski definition) is 4. The van der Waals surface area contributed by atoms with Crippen molar-refractivity contribution in [1.82, 2.24) is 0 Å². The standard InChI is InChI=1S/C9H14O6/c1-3-9(4-2)5(7(10)11)6(8(12)13)14-15-9/h5-6H,3-4H2,1-2H3,(H,10,11)(H,12,13). The summed E-state index contributed by atoms with van der Waals surface area (Å²) in [6.45, 7) is 3.49. The van der Waals surface area contributed by atoms with E-state index in [9.17, 15) is 9.59 Å². The molecule has 1 fully saturated rings. The highest BCUT2D eigenvalue weighted by molar-refractivity contribution is 5.83. The molecule has 1 rings (SSSR count). The first kappa shape index (κ1) is 11.9. The number of carbonyl (C=O) groups is 2. The Morgan fingerprint density at radius 3 is 2.07 bits per heavy atom. The van der Waals surface area contributed by atoms with Crippen molar-refractivity contribution >= 4 is 11.9 Å². The van der Waals surface area contributed by atoms with E-state index in [2.05, 4.69) is 4.89 Å². The van der Waals surface area contributed by atoms with Crippen LogP contribution in [0, 0.1) is 5.92 Å². The van der Waals surface area contributed by atoms with Crippen LogP contribution in [0.4, 0.5) is 0 Å². The predicted octanol–water partition coefficient (Wildman–Crippen LogP) is 0.661. The molecule has 0 aromatic heterocycles. The SMILES string of the molecule is CCC1(CC)OOC(C(=O)O)C1C(=O)O. The molecular weight excluding hydrogens is 204 g/mol. The average molecular weight is 218 g/mol. The molecule has 6 heteroatoms. The zero-order valence-corrected chi connectivity index (χ0v) is 8.60. The lowest BCUT2D eigenvalue weighted by Crippen LogP contribution is -2.44. The van der Waals surface area contributed by atoms with Crippen molar-refractivity contribution in [2.75, 3.05) is 0 Å². The Morgan fingerprint density at radius 1 is 1.20 bits per heavy atom. The fourth-order valence-electron chi connectivity index (χ4n) is 1.88. The molecule has 0 aromatic rings. The molecule has 6 nitrogen and oxygen atoms in total. The van der Waals surface area contributed by atoms with Gasteiger partial charge in [-0.25, -0.2) is 14.6 Å². The summed E-state index contributed by atoms with van der Waals surface area (Å²) in [4.78, 5) is 31.3. The number of rotatable bonds is 4. The van der Waals surface area contributed by atoms with E-state index >= 15 is 0 Å². The minimum absolute atomic E-state index is 0.393. The van der Waals surface area contributed by atoms with Crippen molar-refractivity contribution in [3.63, 3.8) is 0 Å². The lowest BCUT2D eigenvalue weighted by atomic mass is 9.80. The molecule has 2 atom stereocenters. The molecule has 2 N–H and O–H groups in total. The maximum absolute atomic E-state index is 11.0. The molecule has 1 aliphatic heterocycles. The van der Waals surface area contributed by atoms with Gasteiger partial charge in [0, 0.05) is 0 Å². The quantitative estimate of drug-likeness (QED) is 0.673. The van der Waals surface area contributed by atoms with Crippen molar-refractivity contribution in [3.8, 4) is 0 Å². The first-order valence-electron chi connectivity index (χ1n) is 4.78. The fraction of sp³-hybridized carbons (Fsp3) is 0.778. The van der Waals surface area contributed by atoms with Gasteiger partial charge in [0.1, 0.15) is 11.5 Å². The summed E-state index contributed by atoms with van der Waals surface area (Å²) < 4.78 is 0. The van der Waals surface area contributed by atoms with Crippen molar-refractivity contribution < 1.29 is 29.6 Å². The van der Waals surface area contributed by atoms with Crippen molar-refractivity contribution in [2.45, 2.75) is 38.4 Å². The smallest absolute Gasteiger partial charge is 0.337 e. The number of hydrogen-bond donors (Lipinski definition) is 2. The monoisotopic (exact) mass is 218 g/mol. The molecule has 0 radical (unpaired) electrons. The third kappa shape index (κ3) is 1.82. The van der Waals surface area contributed by atoms with Crippen molar-refractivity contribution in [3.05, 3.63) is 0 Å². The summed E-state index contributed by atoms with van der Waals surface area (Å²) in [7, 11) is 0. The second-order valence-corrected chi connectivity index (χ2v) is 3.53. The normalized spacial score (nSPS) is 28.9. The molecule has 86 valence electrons. The molecule has 0 aliphatic carbocycles. The van der Waals surface area contributed by atoms with Gasteiger partial charge in [0.25, 0.3) is 0 Å². The zero-order chi connectivity index (χ0) is 11.6. The van der Waals surface area contributed by atoms with Gasteiger partial charge >= 0.3 is 11.9 Å². The van der Waals surface area contributed by atoms with E-state index in [1.54, 1.807) is 13.8 Å². The summed E-state index contributed by atoms with van der Waals surface area (Å²) in [5.74, 6) is -3.68. The highest BCUT2D eigenvalue weighted by Crippen LogP contribution is 2.40. The van der Waals surface area contributed by atoms with Crippen LogP contribution in [-0.2, 0) is 19.4 Å². The maximum Gasteiger partial charge on any atom is 0.337 e. The van der Waals surface area contributed by atoms with E-state index in [0.717, 1.165) is 0 Å². The molecule has 1 aliphatic rings. The first-order chi connectivity index (χ1) is 6.98. The Hall–Kier alpha value is -1.14. The van der Waals surface area contributed by atoms with Gasteiger partial charge in [0.2, 0.25) is 6.10 Å². The van der Waals surface area contributed by atoms with Crippen LogP contribution in [0.3, 0.4) is 0 Å². The molecule has 0 saturated carbocycles. The molecule has 0 amide bonds. The predicted molar refractivity (Wildman–Crippen MR) is 48.0 cm³/mol. The number of carboxylic acids is 2. The van der Waals surface area contributed by atoms with E-state index in [1.807, 2.05) is 0 Å². The van der Waals surface area contributed by atoms with Gasteiger partial charge in [0.05, 0.1) is 0 Å². The van der Waals surface area contributed by atoms with Crippen LogP contribution in [0.5, 0.6) is 0 Å². The summed E-state index contributed by atoms with van der Waals surface area (Å²) in [5, 5.41) is 17.8. The van der Waals surface area contributed by atoms with Gasteiger partial charge in [-0.3, -0.25) is 4.79 Å². The van der Waals surface area contributed by atoms with Crippen molar-refractivity contribution in [2.24, 2.45) is 5.92 Å². The van der Waals surface area contributed by atoms with Gasteiger partial charge in [0.15, 0.2) is 0 Å². The topological polar surface area (TPSA) is 93.1 Å². The third-order valence-electron chi connectivity index (χ3n) is 2.89. The van der Waals surface area contributed by atoms with Crippen LogP contribution in [0.25, 0.3) is 0 Å². The summed E-state index contributed by atoms with van der Waals surface area (Å²) in [6, 6.07) is 0. The van der Waals surface area contributed by atoms with Crippen LogP contribution in [0.2, 0.25) is 0 Å². The van der Waals surface area contributed by atoms with E-state index in [1.165, 1.54) is 0 Å². The Kier molecular flexibility index (Phi) is 3.31.